The Hall–Kier alpha value is -4.46. The molecule has 2 atom stereocenters. The zero-order valence-corrected chi connectivity index (χ0v) is 25.4. The molecular weight excluding hydrogens is 598 g/mol. The lowest BCUT2D eigenvalue weighted by Crippen LogP contribution is -2.34. The van der Waals surface area contributed by atoms with Crippen molar-refractivity contribution in [3.63, 3.8) is 0 Å². The van der Waals surface area contributed by atoms with Crippen molar-refractivity contribution in [3.8, 4) is 0 Å². The largest absolute Gasteiger partial charge is 0.416 e. The molecule has 0 aromatic heterocycles. The van der Waals surface area contributed by atoms with Gasteiger partial charge >= 0.3 is 12.4 Å². The summed E-state index contributed by atoms with van der Waals surface area (Å²) in [5.74, 6) is 0.631. The first-order valence-electron chi connectivity index (χ1n) is 15.2. The third-order valence-electron chi connectivity index (χ3n) is 8.46. The molecule has 4 aromatic rings. The van der Waals surface area contributed by atoms with Gasteiger partial charge < -0.3 is 9.80 Å². The normalized spacial score (nSPS) is 17.7. The second kappa shape index (κ2) is 13.9. The molecule has 0 radical (unpaired) electrons. The number of alkyl halides is 6. The van der Waals surface area contributed by atoms with E-state index in [0.717, 1.165) is 49.4 Å². The van der Waals surface area contributed by atoms with Crippen LogP contribution < -0.4 is 9.80 Å². The van der Waals surface area contributed by atoms with Gasteiger partial charge in [0.2, 0.25) is 0 Å². The first kappa shape index (κ1) is 32.9. The Balaban J connectivity index is 0.000000181. The monoisotopic (exact) mass is 634 g/mol. The molecule has 2 aliphatic rings. The SMILES string of the molecule is C=C[C@@H]1Cc2ccccc2N(Cc2cccc(C(F)(F)F)c2)C1.C=C[C@H]1Cc2ccccc2N(Cc2cccc(C(F)(F)F)c2)C1. The van der Waals surface area contributed by atoms with Crippen molar-refractivity contribution in [1.29, 1.82) is 0 Å². The van der Waals surface area contributed by atoms with Crippen LogP contribution in [0.3, 0.4) is 0 Å². The fraction of sp³-hybridized carbons (Fsp3) is 0.263. The molecule has 0 aliphatic carbocycles. The summed E-state index contributed by atoms with van der Waals surface area (Å²) in [4.78, 5) is 4.28. The minimum Gasteiger partial charge on any atom is -0.366 e. The maximum Gasteiger partial charge on any atom is 0.416 e. The highest BCUT2D eigenvalue weighted by molar-refractivity contribution is 5.57. The van der Waals surface area contributed by atoms with E-state index in [1.165, 1.54) is 35.4 Å². The molecule has 6 rings (SSSR count). The maximum absolute atomic E-state index is 12.9. The van der Waals surface area contributed by atoms with E-state index in [1.54, 1.807) is 12.1 Å². The fourth-order valence-corrected chi connectivity index (χ4v) is 6.19. The van der Waals surface area contributed by atoms with E-state index in [2.05, 4.69) is 35.1 Å². The molecule has 0 unspecified atom stereocenters. The molecule has 0 saturated carbocycles. The zero-order chi connectivity index (χ0) is 32.9. The highest BCUT2D eigenvalue weighted by Crippen LogP contribution is 2.35. The van der Waals surface area contributed by atoms with Crippen LogP contribution in [0.4, 0.5) is 37.7 Å². The number of para-hydroxylation sites is 2. The number of rotatable bonds is 6. The van der Waals surface area contributed by atoms with E-state index in [-0.39, 0.29) is 0 Å². The number of hydrogen-bond donors (Lipinski definition) is 0. The van der Waals surface area contributed by atoms with Crippen LogP contribution >= 0.6 is 0 Å². The van der Waals surface area contributed by atoms with E-state index >= 15 is 0 Å². The minimum atomic E-state index is -4.31. The van der Waals surface area contributed by atoms with Gasteiger partial charge in [0.25, 0.3) is 0 Å². The number of fused-ring (bicyclic) bond motifs is 2. The van der Waals surface area contributed by atoms with Crippen molar-refractivity contribution >= 4 is 11.4 Å². The van der Waals surface area contributed by atoms with E-state index in [1.807, 2.05) is 48.6 Å². The summed E-state index contributed by atoms with van der Waals surface area (Å²) in [6, 6.07) is 27.3. The molecule has 0 amide bonds. The summed E-state index contributed by atoms with van der Waals surface area (Å²) in [6.07, 6.45) is -2.90. The smallest absolute Gasteiger partial charge is 0.366 e. The average molecular weight is 635 g/mol. The van der Waals surface area contributed by atoms with Gasteiger partial charge in [-0.15, -0.1) is 13.2 Å². The van der Waals surface area contributed by atoms with Gasteiger partial charge in [0, 0.05) is 37.6 Å². The zero-order valence-electron chi connectivity index (χ0n) is 25.4. The fourth-order valence-electron chi connectivity index (χ4n) is 6.19. The highest BCUT2D eigenvalue weighted by Gasteiger charge is 2.32. The molecule has 4 aromatic carbocycles. The van der Waals surface area contributed by atoms with Crippen LogP contribution in [0.2, 0.25) is 0 Å². The van der Waals surface area contributed by atoms with Gasteiger partial charge in [0.15, 0.2) is 0 Å². The molecule has 46 heavy (non-hydrogen) atoms. The quantitative estimate of drug-likeness (QED) is 0.154. The van der Waals surface area contributed by atoms with Crippen molar-refractivity contribution in [1.82, 2.24) is 0 Å². The molecule has 0 bridgehead atoms. The van der Waals surface area contributed by atoms with Crippen molar-refractivity contribution < 1.29 is 26.3 Å². The third-order valence-corrected chi connectivity index (χ3v) is 8.46. The van der Waals surface area contributed by atoms with Crippen LogP contribution in [0.5, 0.6) is 0 Å². The molecule has 8 heteroatoms. The predicted molar refractivity (Wildman–Crippen MR) is 173 cm³/mol. The molecule has 2 nitrogen and oxygen atoms in total. The molecule has 2 aliphatic heterocycles. The summed E-state index contributed by atoms with van der Waals surface area (Å²) >= 11 is 0. The second-order valence-corrected chi connectivity index (χ2v) is 11.8. The maximum atomic E-state index is 12.9. The van der Waals surface area contributed by atoms with Crippen molar-refractivity contribution in [3.05, 3.63) is 156 Å². The van der Waals surface area contributed by atoms with Crippen LogP contribution in [0.15, 0.2) is 122 Å². The van der Waals surface area contributed by atoms with Gasteiger partial charge in [-0.3, -0.25) is 0 Å². The van der Waals surface area contributed by atoms with Crippen LogP contribution in [-0.2, 0) is 38.3 Å². The van der Waals surface area contributed by atoms with Gasteiger partial charge in [-0.05, 0) is 83.3 Å². The Kier molecular flexibility index (Phi) is 9.94. The Labute approximate surface area is 266 Å². The van der Waals surface area contributed by atoms with E-state index in [0.29, 0.717) is 36.1 Å². The summed E-state index contributed by atoms with van der Waals surface area (Å²) in [5.41, 5.74) is 4.78. The third kappa shape index (κ3) is 8.03. The summed E-state index contributed by atoms with van der Waals surface area (Å²) in [6.45, 7) is 10.2. The molecule has 0 N–H and O–H groups in total. The van der Waals surface area contributed by atoms with Crippen LogP contribution in [0.1, 0.15) is 33.4 Å². The predicted octanol–water partition coefficient (Wildman–Crippen LogP) is 10.1. The topological polar surface area (TPSA) is 6.48 Å². The molecule has 0 fully saturated rings. The summed E-state index contributed by atoms with van der Waals surface area (Å²) in [7, 11) is 0. The number of anilines is 2. The Bertz CT molecular complexity index is 1530. The number of halogens is 6. The molecule has 0 saturated heterocycles. The van der Waals surface area contributed by atoms with Crippen LogP contribution in [-0.4, -0.2) is 13.1 Å². The Morgan fingerprint density at radius 1 is 0.565 bits per heavy atom. The van der Waals surface area contributed by atoms with Gasteiger partial charge in [-0.1, -0.05) is 72.8 Å². The average Bonchev–Trinajstić information content (AvgIpc) is 3.04. The summed E-state index contributed by atoms with van der Waals surface area (Å²) in [5, 5.41) is 0. The number of nitrogens with zero attached hydrogens (tertiary/aromatic N) is 2. The van der Waals surface area contributed by atoms with Crippen LogP contribution in [0.25, 0.3) is 0 Å². The van der Waals surface area contributed by atoms with Gasteiger partial charge in [-0.2, -0.15) is 26.3 Å². The van der Waals surface area contributed by atoms with E-state index < -0.39 is 23.5 Å². The number of benzene rings is 4. The van der Waals surface area contributed by atoms with Crippen molar-refractivity contribution in [2.75, 3.05) is 22.9 Å². The lowest BCUT2D eigenvalue weighted by atomic mass is 9.92. The minimum absolute atomic E-state index is 0.315. The molecule has 2 heterocycles. The second-order valence-electron chi connectivity index (χ2n) is 11.8. The van der Waals surface area contributed by atoms with Crippen LogP contribution in [0, 0.1) is 11.8 Å². The number of hydrogen-bond acceptors (Lipinski definition) is 2. The lowest BCUT2D eigenvalue weighted by Gasteiger charge is -2.35. The van der Waals surface area contributed by atoms with Gasteiger partial charge in [0.1, 0.15) is 0 Å². The Morgan fingerprint density at radius 2 is 0.957 bits per heavy atom. The molecule has 240 valence electrons. The Morgan fingerprint density at radius 3 is 1.33 bits per heavy atom. The standard InChI is InChI=1S/2C19H18F3N/c2*1-2-14-10-16-7-3-4-9-18(16)23(12-14)13-15-6-5-8-17(11-15)19(20,21)22/h2*2-9,11,14H,1,10,12-13H2/t2*14-/m10/s1. The first-order valence-corrected chi connectivity index (χ1v) is 15.2. The van der Waals surface area contributed by atoms with E-state index in [4.69, 9.17) is 0 Å². The van der Waals surface area contributed by atoms with Gasteiger partial charge in [-0.25, -0.2) is 0 Å². The van der Waals surface area contributed by atoms with Gasteiger partial charge in [0.05, 0.1) is 11.1 Å². The molecular formula is C38H36F6N2. The first-order chi connectivity index (χ1) is 21.9. The molecule has 0 spiro atoms. The van der Waals surface area contributed by atoms with Crippen molar-refractivity contribution in [2.24, 2.45) is 11.8 Å². The van der Waals surface area contributed by atoms with Crippen molar-refractivity contribution in [2.45, 2.75) is 38.3 Å². The van der Waals surface area contributed by atoms with E-state index in [9.17, 15) is 26.3 Å². The lowest BCUT2D eigenvalue weighted by molar-refractivity contribution is -0.138. The highest BCUT2D eigenvalue weighted by atomic mass is 19.4. The summed E-state index contributed by atoms with van der Waals surface area (Å²) < 4.78 is 77.3.